The Morgan fingerprint density at radius 3 is 2.41 bits per heavy atom. The largest absolute Gasteiger partial charge is 0.508 e. The highest BCUT2D eigenvalue weighted by Crippen LogP contribution is 2.22. The fourth-order valence-electron chi connectivity index (χ4n) is 2.94. The third kappa shape index (κ3) is 6.52. The van der Waals surface area contributed by atoms with Crippen molar-refractivity contribution in [2.75, 3.05) is 7.11 Å². The van der Waals surface area contributed by atoms with E-state index in [1.807, 2.05) is 19.1 Å². The Hall–Kier alpha value is -3.45. The highest BCUT2D eigenvalue weighted by Gasteiger charge is 2.18. The third-order valence-electron chi connectivity index (χ3n) is 4.63. The Bertz CT molecular complexity index is 1120. The molecule has 0 aliphatic rings. The van der Waals surface area contributed by atoms with Crippen LogP contribution in [-0.2, 0) is 16.0 Å². The summed E-state index contributed by atoms with van der Waals surface area (Å²) in [5, 5.41) is 9.44. The third-order valence-corrected chi connectivity index (χ3v) is 5.09. The van der Waals surface area contributed by atoms with Gasteiger partial charge in [0.15, 0.2) is 6.04 Å². The number of aromatic hydroxyl groups is 1. The van der Waals surface area contributed by atoms with E-state index in [1.165, 1.54) is 13.3 Å². The van der Waals surface area contributed by atoms with Gasteiger partial charge in [-0.3, -0.25) is 4.99 Å². The van der Waals surface area contributed by atoms with Crippen molar-refractivity contribution >= 4 is 34.1 Å². The molecule has 3 aromatic rings. The van der Waals surface area contributed by atoms with Gasteiger partial charge in [0.1, 0.15) is 11.5 Å². The number of aliphatic imine (C=N–C) groups is 1. The number of carbonyl (C=O) groups excluding carboxylic acids is 2. The first-order chi connectivity index (χ1) is 15.3. The molecule has 0 spiro atoms. The van der Waals surface area contributed by atoms with E-state index in [9.17, 15) is 14.7 Å². The molecule has 0 aromatic heterocycles. The molecule has 0 aliphatic carbocycles. The van der Waals surface area contributed by atoms with Crippen LogP contribution in [0.1, 0.15) is 27.0 Å². The Morgan fingerprint density at radius 1 is 1.06 bits per heavy atom. The molecule has 0 amide bonds. The maximum atomic E-state index is 12.4. The van der Waals surface area contributed by atoms with E-state index < -0.39 is 18.0 Å². The number of hydrogen-bond acceptors (Lipinski definition) is 6. The minimum atomic E-state index is -0.762. The lowest BCUT2D eigenvalue weighted by Gasteiger charge is -2.11. The van der Waals surface area contributed by atoms with Crippen molar-refractivity contribution < 1.29 is 24.2 Å². The van der Waals surface area contributed by atoms with Crippen LogP contribution in [0.3, 0.4) is 0 Å². The standard InChI is InChI=1S/C25H22BrNO5/c1-16-3-7-19(8-4-16)24(29)32-22-12-18(11-20(26)14-22)15-27-23(25(30)31-2)13-17-5-9-21(28)10-6-17/h3-12,14-15,23,28H,13H2,1-2H3. The summed E-state index contributed by atoms with van der Waals surface area (Å²) in [6, 6.07) is 18.0. The smallest absolute Gasteiger partial charge is 0.343 e. The molecule has 3 aromatic carbocycles. The minimum Gasteiger partial charge on any atom is -0.508 e. The molecule has 0 bridgehead atoms. The highest BCUT2D eigenvalue weighted by molar-refractivity contribution is 9.10. The van der Waals surface area contributed by atoms with Gasteiger partial charge in [-0.25, -0.2) is 9.59 Å². The van der Waals surface area contributed by atoms with E-state index in [0.29, 0.717) is 27.8 Å². The Morgan fingerprint density at radius 2 is 1.75 bits per heavy atom. The number of aryl methyl sites for hydroxylation is 1. The summed E-state index contributed by atoms with van der Waals surface area (Å²) in [4.78, 5) is 29.0. The summed E-state index contributed by atoms with van der Waals surface area (Å²) >= 11 is 3.41. The number of esters is 2. The number of methoxy groups -OCH3 is 1. The van der Waals surface area contributed by atoms with Gasteiger partial charge in [0.05, 0.1) is 12.7 Å². The van der Waals surface area contributed by atoms with Crippen LogP contribution in [0.15, 0.2) is 76.2 Å². The summed E-state index contributed by atoms with van der Waals surface area (Å²) in [5.74, 6) is -0.450. The van der Waals surface area contributed by atoms with Gasteiger partial charge in [-0.1, -0.05) is 45.8 Å². The first-order valence-corrected chi connectivity index (χ1v) is 10.6. The van der Waals surface area contributed by atoms with Crippen molar-refractivity contribution in [2.24, 2.45) is 4.99 Å². The maximum Gasteiger partial charge on any atom is 0.343 e. The molecule has 32 heavy (non-hydrogen) atoms. The molecule has 1 unspecified atom stereocenters. The predicted octanol–water partition coefficient (Wildman–Crippen LogP) is 4.89. The fourth-order valence-corrected chi connectivity index (χ4v) is 3.43. The lowest BCUT2D eigenvalue weighted by atomic mass is 10.1. The normalized spacial score (nSPS) is 11.8. The van der Waals surface area contributed by atoms with Crippen LogP contribution in [0, 0.1) is 6.92 Å². The topological polar surface area (TPSA) is 85.2 Å². The average molecular weight is 496 g/mol. The second kappa shape index (κ2) is 10.7. The number of halogens is 1. The SMILES string of the molecule is COC(=O)C(Cc1ccc(O)cc1)N=Cc1cc(Br)cc(OC(=O)c2ccc(C)cc2)c1. The van der Waals surface area contributed by atoms with Crippen molar-refractivity contribution in [1.82, 2.24) is 0 Å². The Kier molecular flexibility index (Phi) is 7.78. The maximum absolute atomic E-state index is 12.4. The zero-order valence-corrected chi connectivity index (χ0v) is 19.2. The van der Waals surface area contributed by atoms with Crippen LogP contribution in [0.2, 0.25) is 0 Å². The van der Waals surface area contributed by atoms with E-state index in [4.69, 9.17) is 9.47 Å². The predicted molar refractivity (Wildman–Crippen MR) is 125 cm³/mol. The molecule has 6 nitrogen and oxygen atoms in total. The molecule has 1 N–H and O–H groups in total. The van der Waals surface area contributed by atoms with Crippen LogP contribution in [0.5, 0.6) is 11.5 Å². The quantitative estimate of drug-likeness (QED) is 0.286. The van der Waals surface area contributed by atoms with Gasteiger partial charge in [-0.2, -0.15) is 0 Å². The van der Waals surface area contributed by atoms with Crippen LogP contribution in [-0.4, -0.2) is 36.4 Å². The molecule has 0 aliphatic heterocycles. The summed E-state index contributed by atoms with van der Waals surface area (Å²) in [7, 11) is 1.31. The minimum absolute atomic E-state index is 0.147. The van der Waals surface area contributed by atoms with Gasteiger partial charge < -0.3 is 14.6 Å². The number of benzene rings is 3. The number of ether oxygens (including phenoxy) is 2. The lowest BCUT2D eigenvalue weighted by Crippen LogP contribution is -2.23. The van der Waals surface area contributed by atoms with E-state index in [0.717, 1.165) is 11.1 Å². The Balaban J connectivity index is 1.77. The highest BCUT2D eigenvalue weighted by atomic mass is 79.9. The molecule has 1 atom stereocenters. The van der Waals surface area contributed by atoms with Crippen LogP contribution < -0.4 is 4.74 Å². The molecular weight excluding hydrogens is 474 g/mol. The number of hydrogen-bond donors (Lipinski definition) is 1. The van der Waals surface area contributed by atoms with Gasteiger partial charge >= 0.3 is 11.9 Å². The average Bonchev–Trinajstić information content (AvgIpc) is 2.77. The molecule has 164 valence electrons. The number of phenols is 1. The summed E-state index contributed by atoms with van der Waals surface area (Å²) in [5.41, 5.74) is 2.98. The van der Waals surface area contributed by atoms with Gasteiger partial charge in [0, 0.05) is 17.1 Å². The van der Waals surface area contributed by atoms with Crippen LogP contribution in [0.4, 0.5) is 0 Å². The first-order valence-electron chi connectivity index (χ1n) is 9.82. The van der Waals surface area contributed by atoms with Gasteiger partial charge in [0.25, 0.3) is 0 Å². The number of rotatable bonds is 7. The van der Waals surface area contributed by atoms with Crippen molar-refractivity contribution in [1.29, 1.82) is 0 Å². The number of nitrogens with zero attached hydrogens (tertiary/aromatic N) is 1. The summed E-state index contributed by atoms with van der Waals surface area (Å²) in [6.45, 7) is 1.94. The molecule has 0 saturated heterocycles. The van der Waals surface area contributed by atoms with Gasteiger partial charge in [-0.15, -0.1) is 0 Å². The lowest BCUT2D eigenvalue weighted by molar-refractivity contribution is -0.142. The Labute approximate surface area is 194 Å². The van der Waals surface area contributed by atoms with Gasteiger partial charge in [0.2, 0.25) is 0 Å². The van der Waals surface area contributed by atoms with E-state index >= 15 is 0 Å². The first kappa shape index (κ1) is 23.2. The van der Waals surface area contributed by atoms with Crippen molar-refractivity contribution in [3.8, 4) is 11.5 Å². The fraction of sp³-hybridized carbons (Fsp3) is 0.160. The molecule has 0 saturated carbocycles. The molecule has 3 rings (SSSR count). The summed E-state index contributed by atoms with van der Waals surface area (Å²) in [6.07, 6.45) is 1.85. The number of phenolic OH excluding ortho intramolecular Hbond substituents is 1. The van der Waals surface area contributed by atoms with Crippen molar-refractivity contribution in [3.63, 3.8) is 0 Å². The van der Waals surface area contributed by atoms with Crippen molar-refractivity contribution in [3.05, 3.63) is 93.5 Å². The molecule has 7 heteroatoms. The van der Waals surface area contributed by atoms with Crippen LogP contribution >= 0.6 is 15.9 Å². The van der Waals surface area contributed by atoms with E-state index in [-0.39, 0.29) is 5.75 Å². The molecule has 0 fully saturated rings. The summed E-state index contributed by atoms with van der Waals surface area (Å²) < 4.78 is 11.1. The van der Waals surface area contributed by atoms with E-state index in [1.54, 1.807) is 54.6 Å². The second-order valence-corrected chi connectivity index (χ2v) is 8.08. The monoisotopic (exact) mass is 495 g/mol. The van der Waals surface area contributed by atoms with Crippen LogP contribution in [0.25, 0.3) is 0 Å². The number of carbonyl (C=O) groups is 2. The molecular formula is C25H22BrNO5. The van der Waals surface area contributed by atoms with Crippen molar-refractivity contribution in [2.45, 2.75) is 19.4 Å². The second-order valence-electron chi connectivity index (χ2n) is 7.16. The molecule has 0 heterocycles. The van der Waals surface area contributed by atoms with E-state index in [2.05, 4.69) is 20.9 Å². The van der Waals surface area contributed by atoms with Gasteiger partial charge in [-0.05, 0) is 60.5 Å². The molecule has 0 radical (unpaired) electrons. The zero-order chi connectivity index (χ0) is 23.1. The zero-order valence-electron chi connectivity index (χ0n) is 17.6.